The fourth-order valence-corrected chi connectivity index (χ4v) is 9.87. The van der Waals surface area contributed by atoms with Gasteiger partial charge < -0.3 is 4.90 Å². The number of anilines is 3. The molecule has 0 N–H and O–H groups in total. The lowest BCUT2D eigenvalue weighted by molar-refractivity contribution is 0.660. The molecule has 0 saturated carbocycles. The predicted molar refractivity (Wildman–Crippen MR) is 263 cm³/mol. The second kappa shape index (κ2) is 13.4. The summed E-state index contributed by atoms with van der Waals surface area (Å²) in [7, 11) is 0. The van der Waals surface area contributed by atoms with Crippen LogP contribution >= 0.6 is 0 Å². The van der Waals surface area contributed by atoms with Gasteiger partial charge in [0.2, 0.25) is 0 Å². The van der Waals surface area contributed by atoms with Crippen LogP contribution in [0.4, 0.5) is 17.1 Å². The van der Waals surface area contributed by atoms with Gasteiger partial charge >= 0.3 is 0 Å². The molecule has 0 radical (unpaired) electrons. The molecule has 13 rings (SSSR count). The van der Waals surface area contributed by atoms with Gasteiger partial charge in [-0.15, -0.1) is 0 Å². The van der Waals surface area contributed by atoms with Crippen molar-refractivity contribution in [2.45, 2.75) is 24.7 Å². The summed E-state index contributed by atoms with van der Waals surface area (Å²) in [6.07, 6.45) is 0. The zero-order chi connectivity index (χ0) is 63.6. The summed E-state index contributed by atoms with van der Waals surface area (Å²) in [6.45, 7) is 4.11. The quantitative estimate of drug-likeness (QED) is 0.167. The number of para-hydroxylation sites is 1. The number of benzene rings is 10. The molecule has 0 bridgehead atoms. The van der Waals surface area contributed by atoms with Crippen molar-refractivity contribution in [3.05, 3.63) is 257 Å². The van der Waals surface area contributed by atoms with Gasteiger partial charge in [0.05, 0.1) is 45.4 Å². The SMILES string of the molecule is [2H]c1c([2H])c([2H])c2c(c1[2H])-c1c([2H])c([2H])c([2H])c([2H])c1C21c2c([2H])c([2H])c([2H])c([2H])c2-c2c([2H])c([2H])c(-c3c(-c4c([2H])c([2H])c(N(c5ccccc5)c5cccc6c5-c5ccccc5C6(C)C)c([2H])c4[2H])c([2H])c([2H])c4c([2H])c([2H])c([2H])c([2H])c34)c([2H])c21. The van der Waals surface area contributed by atoms with Crippen LogP contribution in [0.2, 0.25) is 0 Å². The second-order valence-corrected chi connectivity index (χ2v) is 16.0. The molecule has 0 atom stereocenters. The fraction of sp³-hybridized carbons (Fsp3) is 0.0645. The molecular weight excluding hydrogens is 759 g/mol. The first-order valence-electron chi connectivity index (χ1n) is 32.7. The summed E-state index contributed by atoms with van der Waals surface area (Å²) in [5.41, 5.74) is -7.67. The van der Waals surface area contributed by atoms with Crippen LogP contribution in [0.15, 0.2) is 224 Å². The van der Waals surface area contributed by atoms with Gasteiger partial charge in [-0.3, -0.25) is 0 Å². The van der Waals surface area contributed by atoms with E-state index in [1.54, 1.807) is 41.3 Å². The smallest absolute Gasteiger partial charge is 0.0725 e. The molecule has 0 heterocycles. The summed E-state index contributed by atoms with van der Waals surface area (Å²) in [5.74, 6) is 0. The highest BCUT2D eigenvalue weighted by Crippen LogP contribution is 2.63. The normalized spacial score (nSPS) is 19.7. The molecule has 296 valence electrons. The Morgan fingerprint density at radius 1 is 0.381 bits per heavy atom. The van der Waals surface area contributed by atoms with E-state index in [4.69, 9.17) is 11.0 Å². The Bertz CT molecular complexity index is 4830. The lowest BCUT2D eigenvalue weighted by Gasteiger charge is -2.31. The first-order chi connectivity index (χ1) is 41.4. The number of fused-ring (bicyclic) bond motifs is 14. The van der Waals surface area contributed by atoms with Gasteiger partial charge in [0.15, 0.2) is 0 Å². The van der Waals surface area contributed by atoms with Gasteiger partial charge in [0.25, 0.3) is 0 Å². The summed E-state index contributed by atoms with van der Waals surface area (Å²) < 4.78 is 239. The number of rotatable bonds is 5. The fourth-order valence-electron chi connectivity index (χ4n) is 9.87. The Hall–Kier alpha value is -7.74. The maximum atomic E-state index is 10.8. The second-order valence-electron chi connectivity index (χ2n) is 16.0. The molecule has 10 aromatic carbocycles. The average Bonchev–Trinajstić information content (AvgIpc) is 1.46. The van der Waals surface area contributed by atoms with Crippen LogP contribution < -0.4 is 4.90 Å². The molecule has 1 nitrogen and oxygen atoms in total. The van der Waals surface area contributed by atoms with E-state index in [0.29, 0.717) is 11.4 Å². The molecule has 63 heavy (non-hydrogen) atoms. The third-order valence-electron chi connectivity index (χ3n) is 12.6. The van der Waals surface area contributed by atoms with Crippen molar-refractivity contribution in [3.63, 3.8) is 0 Å². The van der Waals surface area contributed by atoms with Crippen LogP contribution in [-0.2, 0) is 10.8 Å². The van der Waals surface area contributed by atoms with Crippen LogP contribution in [0.25, 0.3) is 66.4 Å². The van der Waals surface area contributed by atoms with E-state index in [2.05, 4.69) is 13.8 Å². The molecule has 10 aromatic rings. The van der Waals surface area contributed by atoms with Crippen molar-refractivity contribution in [3.8, 4) is 55.6 Å². The van der Waals surface area contributed by atoms with Crippen LogP contribution in [0.3, 0.4) is 0 Å². The summed E-state index contributed by atoms with van der Waals surface area (Å²) in [4.78, 5) is 1.57. The minimum atomic E-state index is -2.87. The Labute approximate surface area is 404 Å². The summed E-state index contributed by atoms with van der Waals surface area (Å²) in [5, 5.41) is -1.41. The van der Waals surface area contributed by atoms with E-state index in [0.717, 1.165) is 22.3 Å². The summed E-state index contributed by atoms with van der Waals surface area (Å²) >= 11 is 0. The lowest BCUT2D eigenvalue weighted by Crippen LogP contribution is -2.25. The first kappa shape index (κ1) is 19.1. The average molecular weight is 827 g/mol. The standard InChI is InChI=1S/C62H43N/c1-61(2)52-25-12-11-24-51(52)60-56(61)29-16-30-58(60)63(43-18-4-3-5-19-43)44-35-31-41(32-36-44)46-37-33-40-17-6-7-20-45(40)59(46)42-34-38-50-49-23-10-15-28-55(49)62(57(50)39-42)53-26-13-8-21-47(53)48-22-9-14-27-54(48)62/h3-39H,1-2H3/i6D,7D,8D,9D,10D,13D,14D,15D,17D,20D,21D,22D,23D,26D,27D,28D,31D,32D,33D,34D,35D,36D,37D,38D,39D. The molecule has 0 aromatic heterocycles. The van der Waals surface area contributed by atoms with Gasteiger partial charge in [0, 0.05) is 22.4 Å². The third kappa shape index (κ3) is 4.94. The van der Waals surface area contributed by atoms with Gasteiger partial charge in [-0.25, -0.2) is 0 Å². The molecule has 1 spiro atoms. The van der Waals surface area contributed by atoms with Gasteiger partial charge in [0.1, 0.15) is 0 Å². The Kier molecular flexibility index (Phi) is 4.06. The molecule has 3 aliphatic rings. The van der Waals surface area contributed by atoms with Crippen molar-refractivity contribution in [2.24, 2.45) is 0 Å². The maximum Gasteiger partial charge on any atom is 0.0725 e. The van der Waals surface area contributed by atoms with E-state index in [-0.39, 0.29) is 5.69 Å². The van der Waals surface area contributed by atoms with Crippen LogP contribution in [0, 0.1) is 0 Å². The van der Waals surface area contributed by atoms with Crippen molar-refractivity contribution >= 4 is 27.8 Å². The van der Waals surface area contributed by atoms with Crippen LogP contribution in [0.1, 0.15) is 81.5 Å². The molecule has 0 aliphatic heterocycles. The monoisotopic (exact) mass is 826 g/mol. The zero-order valence-electron chi connectivity index (χ0n) is 58.4. The van der Waals surface area contributed by atoms with Crippen molar-refractivity contribution in [1.29, 1.82) is 0 Å². The van der Waals surface area contributed by atoms with Crippen molar-refractivity contribution in [2.75, 3.05) is 4.90 Å². The topological polar surface area (TPSA) is 3.24 Å². The Morgan fingerprint density at radius 3 is 1.67 bits per heavy atom. The van der Waals surface area contributed by atoms with E-state index >= 15 is 0 Å². The maximum absolute atomic E-state index is 10.8. The highest BCUT2D eigenvalue weighted by atomic mass is 15.1. The van der Waals surface area contributed by atoms with Gasteiger partial charge in [-0.2, -0.15) is 0 Å². The molecule has 0 unspecified atom stereocenters. The van der Waals surface area contributed by atoms with Crippen LogP contribution in [-0.4, -0.2) is 0 Å². The molecule has 1 heteroatoms. The minimum Gasteiger partial charge on any atom is -0.310 e. The van der Waals surface area contributed by atoms with E-state index in [9.17, 15) is 23.3 Å². The first-order valence-corrected chi connectivity index (χ1v) is 20.2. The van der Waals surface area contributed by atoms with Crippen molar-refractivity contribution < 1.29 is 34.3 Å². The third-order valence-corrected chi connectivity index (χ3v) is 12.6. The molecule has 0 fully saturated rings. The molecule has 3 aliphatic carbocycles. The zero-order valence-corrected chi connectivity index (χ0v) is 33.4. The van der Waals surface area contributed by atoms with Crippen LogP contribution in [0.5, 0.6) is 0 Å². The largest absolute Gasteiger partial charge is 0.310 e. The Balaban J connectivity index is 1.23. The molecule has 0 saturated heterocycles. The van der Waals surface area contributed by atoms with E-state index in [1.165, 1.54) is 0 Å². The van der Waals surface area contributed by atoms with E-state index in [1.807, 2.05) is 36.4 Å². The Morgan fingerprint density at radius 2 is 0.952 bits per heavy atom. The highest BCUT2D eigenvalue weighted by molar-refractivity contribution is 6.06. The van der Waals surface area contributed by atoms with Gasteiger partial charge in [-0.05, 0) is 131 Å². The van der Waals surface area contributed by atoms with Gasteiger partial charge in [-0.1, -0.05) is 201 Å². The van der Waals surface area contributed by atoms with E-state index < -0.39 is 239 Å². The molecular formula is C62H43N. The molecule has 0 amide bonds. The summed E-state index contributed by atoms with van der Waals surface area (Å²) in [6, 6.07) is -1.09. The number of nitrogens with zero attached hydrogens (tertiary/aromatic N) is 1. The predicted octanol–water partition coefficient (Wildman–Crippen LogP) is 16.3. The van der Waals surface area contributed by atoms with Crippen molar-refractivity contribution in [1.82, 2.24) is 0 Å². The highest BCUT2D eigenvalue weighted by Gasteiger charge is 2.51. The number of hydrogen-bond donors (Lipinski definition) is 0. The lowest BCUT2D eigenvalue weighted by atomic mass is 9.70. The number of hydrogen-bond acceptors (Lipinski definition) is 1. The minimum absolute atomic E-state index is 0.303.